The summed E-state index contributed by atoms with van der Waals surface area (Å²) in [4.78, 5) is 37.1. The lowest BCUT2D eigenvalue weighted by Crippen LogP contribution is -2.43. The van der Waals surface area contributed by atoms with Gasteiger partial charge in [0.15, 0.2) is 0 Å². The van der Waals surface area contributed by atoms with Gasteiger partial charge in [0.05, 0.1) is 23.3 Å². The molecule has 9 nitrogen and oxygen atoms in total. The first-order chi connectivity index (χ1) is 14.3. The molecule has 0 bridgehead atoms. The molecule has 2 N–H and O–H groups in total. The number of nitro benzene ring substituents is 1. The largest absolute Gasteiger partial charge is 0.379 e. The number of carbonyl (C=O) groups excluding carboxylic acids is 2. The van der Waals surface area contributed by atoms with Gasteiger partial charge < -0.3 is 15.4 Å². The molecule has 30 heavy (non-hydrogen) atoms. The number of amides is 2. The molecular formula is C21H32N4O5. The summed E-state index contributed by atoms with van der Waals surface area (Å²) >= 11 is 0. The Morgan fingerprint density at radius 2 is 2.00 bits per heavy atom. The van der Waals surface area contributed by atoms with Gasteiger partial charge in [-0.15, -0.1) is 0 Å². The summed E-state index contributed by atoms with van der Waals surface area (Å²) in [6.07, 6.45) is 2.40. The monoisotopic (exact) mass is 420 g/mol. The van der Waals surface area contributed by atoms with Gasteiger partial charge in [-0.1, -0.05) is 6.07 Å². The van der Waals surface area contributed by atoms with Crippen molar-refractivity contribution in [3.63, 3.8) is 0 Å². The van der Waals surface area contributed by atoms with Gasteiger partial charge in [-0.3, -0.25) is 24.6 Å². The molecular weight excluding hydrogens is 388 g/mol. The molecule has 0 spiro atoms. The molecule has 0 radical (unpaired) electrons. The van der Waals surface area contributed by atoms with E-state index in [1.54, 1.807) is 13.0 Å². The fraction of sp³-hybridized carbons (Fsp3) is 0.619. The van der Waals surface area contributed by atoms with E-state index in [1.807, 2.05) is 18.7 Å². The van der Waals surface area contributed by atoms with Crippen LogP contribution in [0, 0.1) is 23.0 Å². The Morgan fingerprint density at radius 3 is 2.63 bits per heavy atom. The number of benzene rings is 1. The Morgan fingerprint density at radius 1 is 1.30 bits per heavy atom. The van der Waals surface area contributed by atoms with Gasteiger partial charge in [0.1, 0.15) is 0 Å². The second-order valence-electron chi connectivity index (χ2n) is 7.92. The van der Waals surface area contributed by atoms with Crippen molar-refractivity contribution < 1.29 is 19.2 Å². The van der Waals surface area contributed by atoms with Gasteiger partial charge in [0, 0.05) is 31.2 Å². The zero-order valence-electron chi connectivity index (χ0n) is 18.0. The maximum atomic E-state index is 12.4. The lowest BCUT2D eigenvalue weighted by Gasteiger charge is -2.30. The number of nitro groups is 1. The highest BCUT2D eigenvalue weighted by Crippen LogP contribution is 2.22. The molecule has 0 aliphatic carbocycles. The Hall–Kier alpha value is -2.52. The van der Waals surface area contributed by atoms with Crippen molar-refractivity contribution in [2.24, 2.45) is 5.92 Å². The average molecular weight is 421 g/mol. The molecule has 1 aliphatic rings. The van der Waals surface area contributed by atoms with E-state index in [4.69, 9.17) is 4.74 Å². The molecule has 1 aromatic rings. The maximum Gasteiger partial charge on any atom is 0.271 e. The molecule has 166 valence electrons. The molecule has 0 unspecified atom stereocenters. The highest BCUT2D eigenvalue weighted by atomic mass is 16.6. The van der Waals surface area contributed by atoms with Crippen LogP contribution in [0.1, 0.15) is 38.7 Å². The standard InChI is InChI=1S/C21H32N4O5/c1-15(2)30-12-4-9-22-21(27)17-7-10-24(11-8-17)14-20(26)23-19-13-18(25(28)29)6-5-16(19)3/h5-6,13,15,17H,4,7-12,14H2,1-3H3,(H,22,27)(H,23,26). The predicted octanol–water partition coefficient (Wildman–Crippen LogP) is 2.49. The molecule has 9 heteroatoms. The van der Waals surface area contributed by atoms with Gasteiger partial charge in [0.2, 0.25) is 11.8 Å². The van der Waals surface area contributed by atoms with E-state index in [0.717, 1.165) is 12.0 Å². The molecule has 1 aromatic carbocycles. The molecule has 1 saturated heterocycles. The van der Waals surface area contributed by atoms with Crippen LogP contribution in [0.15, 0.2) is 18.2 Å². The van der Waals surface area contributed by atoms with Crippen molar-refractivity contribution in [1.29, 1.82) is 0 Å². The second kappa shape index (κ2) is 11.6. The van der Waals surface area contributed by atoms with E-state index in [0.29, 0.717) is 44.8 Å². The number of carbonyl (C=O) groups is 2. The molecule has 0 atom stereocenters. The fourth-order valence-electron chi connectivity index (χ4n) is 3.35. The number of nitrogens with one attached hydrogen (secondary N) is 2. The topological polar surface area (TPSA) is 114 Å². The van der Waals surface area contributed by atoms with E-state index in [9.17, 15) is 19.7 Å². The summed E-state index contributed by atoms with van der Waals surface area (Å²) in [5.41, 5.74) is 1.16. The first-order valence-corrected chi connectivity index (χ1v) is 10.4. The Balaban J connectivity index is 1.71. The zero-order chi connectivity index (χ0) is 22.1. The Labute approximate surface area is 177 Å². The Bertz CT molecular complexity index is 745. The highest BCUT2D eigenvalue weighted by Gasteiger charge is 2.25. The first-order valence-electron chi connectivity index (χ1n) is 10.4. The van der Waals surface area contributed by atoms with Crippen molar-refractivity contribution in [3.05, 3.63) is 33.9 Å². The summed E-state index contributed by atoms with van der Waals surface area (Å²) in [5, 5.41) is 16.6. The molecule has 2 rings (SSSR count). The van der Waals surface area contributed by atoms with Crippen molar-refractivity contribution in [1.82, 2.24) is 10.2 Å². The number of anilines is 1. The number of aryl methyl sites for hydroxylation is 1. The number of ether oxygens (including phenoxy) is 1. The van der Waals surface area contributed by atoms with Crippen molar-refractivity contribution in [3.8, 4) is 0 Å². The summed E-state index contributed by atoms with van der Waals surface area (Å²) in [7, 11) is 0. The maximum absolute atomic E-state index is 12.4. The SMILES string of the molecule is Cc1ccc([N+](=O)[O-])cc1NC(=O)CN1CCC(C(=O)NCCCOC(C)C)CC1. The lowest BCUT2D eigenvalue weighted by molar-refractivity contribution is -0.384. The van der Waals surface area contributed by atoms with Crippen molar-refractivity contribution >= 4 is 23.2 Å². The van der Waals surface area contributed by atoms with Gasteiger partial charge in [0.25, 0.3) is 5.69 Å². The first kappa shape index (κ1) is 23.8. The van der Waals surface area contributed by atoms with Crippen LogP contribution in [0.4, 0.5) is 11.4 Å². The van der Waals surface area contributed by atoms with Crippen LogP contribution in [0.5, 0.6) is 0 Å². The molecule has 0 saturated carbocycles. The smallest absolute Gasteiger partial charge is 0.271 e. The minimum absolute atomic E-state index is 0.0330. The van der Waals surface area contributed by atoms with Crippen LogP contribution in [-0.2, 0) is 14.3 Å². The van der Waals surface area contributed by atoms with Gasteiger partial charge in [-0.25, -0.2) is 0 Å². The Kier molecular flexibility index (Phi) is 9.19. The summed E-state index contributed by atoms with van der Waals surface area (Å²) in [5.74, 6) is -0.183. The third-order valence-corrected chi connectivity index (χ3v) is 5.10. The minimum atomic E-state index is -0.484. The minimum Gasteiger partial charge on any atom is -0.379 e. The van der Waals surface area contributed by atoms with E-state index >= 15 is 0 Å². The number of hydrogen-bond acceptors (Lipinski definition) is 6. The average Bonchev–Trinajstić information content (AvgIpc) is 2.69. The summed E-state index contributed by atoms with van der Waals surface area (Å²) in [6.45, 7) is 8.52. The number of rotatable bonds is 10. The molecule has 2 amide bonds. The lowest BCUT2D eigenvalue weighted by atomic mass is 9.96. The molecule has 0 aromatic heterocycles. The van der Waals surface area contributed by atoms with Crippen LogP contribution in [0.3, 0.4) is 0 Å². The normalized spacial score (nSPS) is 15.2. The van der Waals surface area contributed by atoms with Gasteiger partial charge in [-0.05, 0) is 58.7 Å². The van der Waals surface area contributed by atoms with E-state index in [-0.39, 0.29) is 36.1 Å². The fourth-order valence-corrected chi connectivity index (χ4v) is 3.35. The van der Waals surface area contributed by atoms with Gasteiger partial charge in [-0.2, -0.15) is 0 Å². The van der Waals surface area contributed by atoms with Crippen molar-refractivity contribution in [2.45, 2.75) is 46.1 Å². The zero-order valence-corrected chi connectivity index (χ0v) is 18.0. The number of likely N-dealkylation sites (tertiary alicyclic amines) is 1. The molecule has 1 fully saturated rings. The third-order valence-electron chi connectivity index (χ3n) is 5.10. The summed E-state index contributed by atoms with van der Waals surface area (Å²) in [6, 6.07) is 4.40. The highest BCUT2D eigenvalue weighted by molar-refractivity contribution is 5.93. The van der Waals surface area contributed by atoms with Crippen LogP contribution < -0.4 is 10.6 Å². The van der Waals surface area contributed by atoms with E-state index in [1.165, 1.54) is 12.1 Å². The predicted molar refractivity (Wildman–Crippen MR) is 114 cm³/mol. The summed E-state index contributed by atoms with van der Waals surface area (Å²) < 4.78 is 5.46. The number of piperidine rings is 1. The van der Waals surface area contributed by atoms with E-state index in [2.05, 4.69) is 10.6 Å². The van der Waals surface area contributed by atoms with E-state index < -0.39 is 4.92 Å². The second-order valence-corrected chi connectivity index (χ2v) is 7.92. The third kappa shape index (κ3) is 7.72. The van der Waals surface area contributed by atoms with Gasteiger partial charge >= 0.3 is 0 Å². The molecule has 1 aliphatic heterocycles. The van der Waals surface area contributed by atoms with Crippen LogP contribution >= 0.6 is 0 Å². The number of hydrogen-bond donors (Lipinski definition) is 2. The van der Waals surface area contributed by atoms with Crippen LogP contribution in [0.2, 0.25) is 0 Å². The molecule has 1 heterocycles. The number of non-ortho nitro benzene ring substituents is 1. The van der Waals surface area contributed by atoms with Crippen molar-refractivity contribution in [2.75, 3.05) is 38.1 Å². The van der Waals surface area contributed by atoms with Crippen LogP contribution in [-0.4, -0.2) is 60.5 Å². The number of nitrogens with zero attached hydrogens (tertiary/aromatic N) is 2. The quantitative estimate of drug-likeness (QED) is 0.341. The van der Waals surface area contributed by atoms with Crippen LogP contribution in [0.25, 0.3) is 0 Å².